The molecule has 0 saturated heterocycles. The van der Waals surface area contributed by atoms with E-state index in [2.05, 4.69) is 56.4 Å². The minimum atomic E-state index is -0.538. The molecule has 0 unspecified atom stereocenters. The Morgan fingerprint density at radius 1 is 0.680 bits per heavy atom. The second-order valence-electron chi connectivity index (χ2n) is 6.40. The van der Waals surface area contributed by atoms with Crippen molar-refractivity contribution in [2.45, 2.75) is 27.7 Å². The van der Waals surface area contributed by atoms with Crippen LogP contribution in [0.15, 0.2) is 42.5 Å². The molecule has 0 nitrogen and oxygen atoms in total. The highest BCUT2D eigenvalue weighted by Crippen LogP contribution is 2.39. The van der Waals surface area contributed by atoms with Gasteiger partial charge in [0.15, 0.2) is 0 Å². The molecule has 0 spiro atoms. The van der Waals surface area contributed by atoms with Crippen molar-refractivity contribution in [2.24, 2.45) is 0 Å². The molecule has 0 aromatic heterocycles. The second-order valence-corrected chi connectivity index (χ2v) is 7.48. The molecule has 25 heavy (non-hydrogen) atoms. The summed E-state index contributed by atoms with van der Waals surface area (Å²) in [5.74, 6) is -1.08. The molecular weight excluding hydrogens is 429 g/mol. The van der Waals surface area contributed by atoms with Crippen LogP contribution in [0.2, 0.25) is 0 Å². The SMILES string of the molecule is Cc1cc(C)c(C)c(-c2cccc(-c3c(F)cccc3F)c2I)c1C. The predicted octanol–water partition coefficient (Wildman–Crippen LogP) is 7.14. The number of aryl methyl sites for hydroxylation is 2. The largest absolute Gasteiger partial charge is 0.206 e. The van der Waals surface area contributed by atoms with E-state index >= 15 is 0 Å². The summed E-state index contributed by atoms with van der Waals surface area (Å²) in [6.45, 7) is 8.39. The highest BCUT2D eigenvalue weighted by Gasteiger charge is 2.19. The molecule has 3 aromatic rings. The molecule has 3 aromatic carbocycles. The summed E-state index contributed by atoms with van der Waals surface area (Å²) >= 11 is 2.20. The van der Waals surface area contributed by atoms with Crippen molar-refractivity contribution < 1.29 is 8.78 Å². The molecule has 3 heteroatoms. The lowest BCUT2D eigenvalue weighted by Crippen LogP contribution is -1.99. The lowest BCUT2D eigenvalue weighted by Gasteiger charge is -2.18. The van der Waals surface area contributed by atoms with Gasteiger partial charge in [-0.05, 0) is 95.8 Å². The molecule has 0 aliphatic rings. The highest BCUT2D eigenvalue weighted by molar-refractivity contribution is 14.1. The summed E-state index contributed by atoms with van der Waals surface area (Å²) in [6, 6.07) is 11.8. The Labute approximate surface area is 161 Å². The highest BCUT2D eigenvalue weighted by atomic mass is 127. The maximum atomic E-state index is 14.3. The first-order valence-electron chi connectivity index (χ1n) is 8.13. The van der Waals surface area contributed by atoms with Crippen LogP contribution in [0.25, 0.3) is 22.3 Å². The number of halogens is 3. The third-order valence-corrected chi connectivity index (χ3v) is 6.03. The molecule has 0 amide bonds. The first kappa shape index (κ1) is 18.1. The van der Waals surface area contributed by atoms with Gasteiger partial charge in [-0.25, -0.2) is 8.78 Å². The van der Waals surface area contributed by atoms with Gasteiger partial charge in [0.2, 0.25) is 0 Å². The van der Waals surface area contributed by atoms with E-state index in [0.29, 0.717) is 5.56 Å². The van der Waals surface area contributed by atoms with Gasteiger partial charge in [0.1, 0.15) is 11.6 Å². The maximum absolute atomic E-state index is 14.3. The third kappa shape index (κ3) is 3.10. The Morgan fingerprint density at radius 2 is 1.12 bits per heavy atom. The smallest absolute Gasteiger partial charge is 0.134 e. The molecule has 128 valence electrons. The molecule has 0 heterocycles. The number of hydrogen-bond donors (Lipinski definition) is 0. The number of hydrogen-bond acceptors (Lipinski definition) is 0. The van der Waals surface area contributed by atoms with Crippen LogP contribution in [0, 0.1) is 42.9 Å². The van der Waals surface area contributed by atoms with E-state index in [-0.39, 0.29) is 5.56 Å². The molecule has 0 fully saturated rings. The van der Waals surface area contributed by atoms with E-state index in [9.17, 15) is 8.78 Å². The van der Waals surface area contributed by atoms with Crippen molar-refractivity contribution in [3.8, 4) is 22.3 Å². The zero-order valence-corrected chi connectivity index (χ0v) is 16.8. The summed E-state index contributed by atoms with van der Waals surface area (Å²) in [5.41, 5.74) is 7.63. The molecule has 0 radical (unpaired) electrons. The van der Waals surface area contributed by atoms with Gasteiger partial charge in [-0.1, -0.05) is 30.3 Å². The quantitative estimate of drug-likeness (QED) is 0.366. The Morgan fingerprint density at radius 3 is 1.64 bits per heavy atom. The first-order chi connectivity index (χ1) is 11.8. The Kier molecular flexibility index (Phi) is 4.96. The lowest BCUT2D eigenvalue weighted by molar-refractivity contribution is 0.589. The Hall–Kier alpha value is -1.75. The van der Waals surface area contributed by atoms with Crippen molar-refractivity contribution in [3.05, 3.63) is 79.9 Å². The fourth-order valence-electron chi connectivity index (χ4n) is 3.29. The van der Waals surface area contributed by atoms with Crippen molar-refractivity contribution in [3.63, 3.8) is 0 Å². The summed E-state index contributed by atoms with van der Waals surface area (Å²) in [4.78, 5) is 0. The molecule has 0 aliphatic carbocycles. The van der Waals surface area contributed by atoms with Gasteiger partial charge in [-0.3, -0.25) is 0 Å². The standard InChI is InChI=1S/C22H19F2I/c1-12-11-13(2)15(4)20(14(12)3)16-7-5-8-17(22(16)25)21-18(23)9-6-10-19(21)24/h5-11H,1-4H3. The van der Waals surface area contributed by atoms with Crippen LogP contribution in [0.5, 0.6) is 0 Å². The lowest BCUT2D eigenvalue weighted by atomic mass is 9.88. The van der Waals surface area contributed by atoms with Gasteiger partial charge in [0.25, 0.3) is 0 Å². The molecule has 0 N–H and O–H groups in total. The Balaban J connectivity index is 2.33. The minimum absolute atomic E-state index is 0.0356. The fourth-order valence-corrected chi connectivity index (χ4v) is 4.19. The van der Waals surface area contributed by atoms with Crippen molar-refractivity contribution >= 4 is 22.6 Å². The summed E-state index contributed by atoms with van der Waals surface area (Å²) in [5, 5.41) is 0. The van der Waals surface area contributed by atoms with E-state index < -0.39 is 11.6 Å². The zero-order chi connectivity index (χ0) is 18.3. The molecule has 0 saturated carbocycles. The third-order valence-electron chi connectivity index (χ3n) is 4.87. The second kappa shape index (κ2) is 6.87. The monoisotopic (exact) mass is 448 g/mol. The van der Waals surface area contributed by atoms with Gasteiger partial charge >= 0.3 is 0 Å². The minimum Gasteiger partial charge on any atom is -0.206 e. The van der Waals surface area contributed by atoms with Crippen LogP contribution in [0.1, 0.15) is 22.3 Å². The van der Waals surface area contributed by atoms with E-state index in [0.717, 1.165) is 14.7 Å². The summed E-state index contributed by atoms with van der Waals surface area (Å²) in [6.07, 6.45) is 0. The fraction of sp³-hybridized carbons (Fsp3) is 0.182. The van der Waals surface area contributed by atoms with Gasteiger partial charge in [0, 0.05) is 9.13 Å². The van der Waals surface area contributed by atoms with Gasteiger partial charge in [-0.15, -0.1) is 0 Å². The number of benzene rings is 3. The average Bonchev–Trinajstić information content (AvgIpc) is 2.56. The summed E-state index contributed by atoms with van der Waals surface area (Å²) < 4.78 is 29.4. The normalized spacial score (nSPS) is 11.0. The van der Waals surface area contributed by atoms with Crippen molar-refractivity contribution in [2.75, 3.05) is 0 Å². The van der Waals surface area contributed by atoms with Crippen LogP contribution in [0.4, 0.5) is 8.78 Å². The van der Waals surface area contributed by atoms with Crippen LogP contribution < -0.4 is 0 Å². The molecule has 3 rings (SSSR count). The van der Waals surface area contributed by atoms with Gasteiger partial charge in [0.05, 0.1) is 5.56 Å². The van der Waals surface area contributed by atoms with E-state index in [1.807, 2.05) is 12.1 Å². The first-order valence-corrected chi connectivity index (χ1v) is 9.21. The molecule has 0 atom stereocenters. The van der Waals surface area contributed by atoms with Gasteiger partial charge in [-0.2, -0.15) is 0 Å². The van der Waals surface area contributed by atoms with Crippen LogP contribution in [-0.4, -0.2) is 0 Å². The van der Waals surface area contributed by atoms with Crippen LogP contribution in [-0.2, 0) is 0 Å². The predicted molar refractivity (Wildman–Crippen MR) is 109 cm³/mol. The van der Waals surface area contributed by atoms with Crippen molar-refractivity contribution in [1.29, 1.82) is 0 Å². The zero-order valence-electron chi connectivity index (χ0n) is 14.7. The number of rotatable bonds is 2. The molecule has 0 bridgehead atoms. The molecular formula is C22H19F2I. The maximum Gasteiger partial charge on any atom is 0.134 e. The summed E-state index contributed by atoms with van der Waals surface area (Å²) in [7, 11) is 0. The van der Waals surface area contributed by atoms with Crippen molar-refractivity contribution in [1.82, 2.24) is 0 Å². The van der Waals surface area contributed by atoms with E-state index in [1.165, 1.54) is 40.5 Å². The van der Waals surface area contributed by atoms with Crippen LogP contribution in [0.3, 0.4) is 0 Å². The van der Waals surface area contributed by atoms with E-state index in [1.54, 1.807) is 6.07 Å². The van der Waals surface area contributed by atoms with Crippen LogP contribution >= 0.6 is 22.6 Å². The van der Waals surface area contributed by atoms with Gasteiger partial charge < -0.3 is 0 Å². The average molecular weight is 448 g/mol. The Bertz CT molecular complexity index is 928. The van der Waals surface area contributed by atoms with E-state index in [4.69, 9.17) is 0 Å². The molecule has 0 aliphatic heterocycles. The topological polar surface area (TPSA) is 0 Å².